The molecule has 14 heavy (non-hydrogen) atoms. The van der Waals surface area contributed by atoms with Gasteiger partial charge in [-0.2, -0.15) is 0 Å². The predicted octanol–water partition coefficient (Wildman–Crippen LogP) is 2.49. The van der Waals surface area contributed by atoms with Gasteiger partial charge in [-0.1, -0.05) is 16.8 Å². The lowest BCUT2D eigenvalue weighted by atomic mass is 10.1. The summed E-state index contributed by atoms with van der Waals surface area (Å²) in [7, 11) is 0. The number of aromatic nitrogens is 1. The van der Waals surface area contributed by atoms with Gasteiger partial charge in [0.2, 0.25) is 0 Å². The molecule has 0 aliphatic heterocycles. The third-order valence-corrected chi connectivity index (χ3v) is 2.37. The van der Waals surface area contributed by atoms with E-state index in [0.717, 1.165) is 0 Å². The van der Waals surface area contributed by atoms with Gasteiger partial charge in [-0.15, -0.1) is 0 Å². The maximum Gasteiger partial charge on any atom is 0.337 e. The topological polar surface area (TPSA) is 63.3 Å². The molecule has 0 aliphatic carbocycles. The van der Waals surface area contributed by atoms with Gasteiger partial charge >= 0.3 is 5.97 Å². The van der Waals surface area contributed by atoms with E-state index in [9.17, 15) is 4.79 Å². The van der Waals surface area contributed by atoms with Crippen molar-refractivity contribution in [3.63, 3.8) is 0 Å². The van der Waals surface area contributed by atoms with Gasteiger partial charge in [-0.25, -0.2) is 4.79 Å². The number of nitrogens with zero attached hydrogens (tertiary/aromatic N) is 1. The lowest BCUT2D eigenvalue weighted by molar-refractivity contribution is 0.0697. The van der Waals surface area contributed by atoms with E-state index in [4.69, 9.17) is 21.2 Å². The molecule has 0 bridgehead atoms. The first-order valence-electron chi connectivity index (χ1n) is 3.89. The van der Waals surface area contributed by atoms with Crippen LogP contribution in [0.2, 0.25) is 5.02 Å². The van der Waals surface area contributed by atoms with Gasteiger partial charge in [0.15, 0.2) is 5.58 Å². The van der Waals surface area contributed by atoms with Crippen molar-refractivity contribution in [2.45, 2.75) is 6.92 Å². The second-order valence-electron chi connectivity index (χ2n) is 2.87. The van der Waals surface area contributed by atoms with Crippen LogP contribution in [0.1, 0.15) is 16.1 Å². The Hall–Kier alpha value is -1.55. The Labute approximate surface area is 84.1 Å². The molecule has 0 amide bonds. The van der Waals surface area contributed by atoms with Crippen molar-refractivity contribution in [2.24, 2.45) is 0 Å². The molecule has 0 fully saturated rings. The van der Waals surface area contributed by atoms with E-state index in [1.807, 2.05) is 0 Å². The number of carboxylic acid groups (broad SMARTS) is 1. The second-order valence-corrected chi connectivity index (χ2v) is 3.25. The van der Waals surface area contributed by atoms with Crippen molar-refractivity contribution in [2.75, 3.05) is 0 Å². The Morgan fingerprint density at radius 1 is 1.57 bits per heavy atom. The molecule has 0 saturated heterocycles. The van der Waals surface area contributed by atoms with Crippen molar-refractivity contribution in [1.29, 1.82) is 0 Å². The highest BCUT2D eigenvalue weighted by Gasteiger charge is 2.15. The first kappa shape index (κ1) is 9.02. The van der Waals surface area contributed by atoms with Crippen LogP contribution in [0.25, 0.3) is 11.0 Å². The van der Waals surface area contributed by atoms with Crippen LogP contribution in [-0.4, -0.2) is 16.2 Å². The average Bonchev–Trinajstić information content (AvgIpc) is 2.48. The molecule has 0 unspecified atom stereocenters. The Kier molecular flexibility index (Phi) is 1.93. The molecule has 1 N–H and O–H groups in total. The first-order chi connectivity index (χ1) is 6.61. The molecule has 1 heterocycles. The Balaban J connectivity index is 2.86. The van der Waals surface area contributed by atoms with Crippen molar-refractivity contribution in [1.82, 2.24) is 5.16 Å². The van der Waals surface area contributed by atoms with Crippen LogP contribution in [0.15, 0.2) is 16.7 Å². The van der Waals surface area contributed by atoms with Gasteiger partial charge in [0.25, 0.3) is 0 Å². The number of fused-ring (bicyclic) bond motifs is 1. The van der Waals surface area contributed by atoms with Crippen LogP contribution in [0, 0.1) is 6.92 Å². The summed E-state index contributed by atoms with van der Waals surface area (Å²) < 4.78 is 4.94. The van der Waals surface area contributed by atoms with E-state index in [2.05, 4.69) is 5.16 Å². The monoisotopic (exact) mass is 211 g/mol. The molecule has 2 rings (SSSR count). The van der Waals surface area contributed by atoms with E-state index < -0.39 is 5.97 Å². The fourth-order valence-corrected chi connectivity index (χ4v) is 1.67. The molecule has 0 aliphatic rings. The highest BCUT2D eigenvalue weighted by Crippen LogP contribution is 2.29. The van der Waals surface area contributed by atoms with Gasteiger partial charge < -0.3 is 9.63 Å². The third kappa shape index (κ3) is 1.15. The van der Waals surface area contributed by atoms with E-state index in [0.29, 0.717) is 16.7 Å². The van der Waals surface area contributed by atoms with Crippen LogP contribution in [0.4, 0.5) is 0 Å². The zero-order valence-electron chi connectivity index (χ0n) is 7.24. The van der Waals surface area contributed by atoms with Crippen molar-refractivity contribution in [3.8, 4) is 0 Å². The number of carboxylic acids is 1. The molecular formula is C9H6ClNO3. The third-order valence-electron chi connectivity index (χ3n) is 1.98. The number of benzene rings is 1. The molecule has 2 aromatic rings. The smallest absolute Gasteiger partial charge is 0.337 e. The Morgan fingerprint density at radius 2 is 2.29 bits per heavy atom. The summed E-state index contributed by atoms with van der Waals surface area (Å²) in [5, 5.41) is 13.3. The quantitative estimate of drug-likeness (QED) is 0.787. The lowest BCUT2D eigenvalue weighted by Crippen LogP contribution is -1.97. The van der Waals surface area contributed by atoms with Gasteiger partial charge in [0.1, 0.15) is 0 Å². The summed E-state index contributed by atoms with van der Waals surface area (Å²) in [5.74, 6) is -1.06. The summed E-state index contributed by atoms with van der Waals surface area (Å²) in [4.78, 5) is 10.8. The fraction of sp³-hybridized carbons (Fsp3) is 0.111. The van der Waals surface area contributed by atoms with Crippen molar-refractivity contribution >= 4 is 28.5 Å². The predicted molar refractivity (Wildman–Crippen MR) is 50.7 cm³/mol. The number of rotatable bonds is 1. The maximum atomic E-state index is 10.8. The average molecular weight is 212 g/mol. The number of halogens is 1. The summed E-state index contributed by atoms with van der Waals surface area (Å²) in [6, 6.07) is 2.95. The van der Waals surface area contributed by atoms with Crippen LogP contribution in [-0.2, 0) is 0 Å². The van der Waals surface area contributed by atoms with Crippen LogP contribution in [0.5, 0.6) is 0 Å². The standard InChI is InChI=1S/C9H6ClNO3/c1-4-7-6(14-11-4)3-2-5(8(7)10)9(12)13/h2-3H,1H3,(H,12,13). The summed E-state index contributed by atoms with van der Waals surface area (Å²) in [6.45, 7) is 1.71. The fourth-order valence-electron chi connectivity index (χ4n) is 1.30. The Bertz CT molecular complexity index is 518. The van der Waals surface area contributed by atoms with E-state index in [-0.39, 0.29) is 10.6 Å². The highest BCUT2D eigenvalue weighted by atomic mass is 35.5. The van der Waals surface area contributed by atoms with Gasteiger partial charge in [-0.3, -0.25) is 0 Å². The maximum absolute atomic E-state index is 10.8. The molecule has 1 aromatic heterocycles. The number of carbonyl (C=O) groups is 1. The lowest BCUT2D eigenvalue weighted by Gasteiger charge is -1.98. The number of aromatic carboxylic acids is 1. The van der Waals surface area contributed by atoms with Crippen LogP contribution in [0.3, 0.4) is 0 Å². The highest BCUT2D eigenvalue weighted by molar-refractivity contribution is 6.38. The van der Waals surface area contributed by atoms with Gasteiger partial charge in [0, 0.05) is 0 Å². The number of hydrogen-bond acceptors (Lipinski definition) is 3. The molecule has 4 nitrogen and oxygen atoms in total. The number of hydrogen-bond donors (Lipinski definition) is 1. The van der Waals surface area contributed by atoms with Gasteiger partial charge in [0.05, 0.1) is 21.7 Å². The Morgan fingerprint density at radius 3 is 2.93 bits per heavy atom. The molecular weight excluding hydrogens is 206 g/mol. The largest absolute Gasteiger partial charge is 0.478 e. The van der Waals surface area contributed by atoms with Crippen LogP contribution < -0.4 is 0 Å². The van der Waals surface area contributed by atoms with E-state index >= 15 is 0 Å². The SMILES string of the molecule is Cc1noc2ccc(C(=O)O)c(Cl)c12. The van der Waals surface area contributed by atoms with E-state index in [1.54, 1.807) is 13.0 Å². The first-order valence-corrected chi connectivity index (χ1v) is 4.27. The normalized spacial score (nSPS) is 10.7. The molecule has 1 aromatic carbocycles. The summed E-state index contributed by atoms with van der Waals surface area (Å²) in [5.41, 5.74) is 1.15. The summed E-state index contributed by atoms with van der Waals surface area (Å²) in [6.07, 6.45) is 0. The molecule has 0 atom stereocenters. The summed E-state index contributed by atoms with van der Waals surface area (Å²) >= 11 is 5.90. The molecule has 5 heteroatoms. The second kappa shape index (κ2) is 2.99. The van der Waals surface area contributed by atoms with E-state index in [1.165, 1.54) is 6.07 Å². The van der Waals surface area contributed by atoms with Crippen LogP contribution >= 0.6 is 11.6 Å². The molecule has 0 spiro atoms. The zero-order valence-corrected chi connectivity index (χ0v) is 8.00. The van der Waals surface area contributed by atoms with Crippen molar-refractivity contribution < 1.29 is 14.4 Å². The minimum absolute atomic E-state index is 0.0606. The minimum Gasteiger partial charge on any atom is -0.478 e. The zero-order chi connectivity index (χ0) is 10.3. The van der Waals surface area contributed by atoms with Crippen molar-refractivity contribution in [3.05, 3.63) is 28.4 Å². The van der Waals surface area contributed by atoms with Gasteiger partial charge in [-0.05, 0) is 19.1 Å². The number of aryl methyl sites for hydroxylation is 1. The molecule has 72 valence electrons. The molecule has 0 saturated carbocycles. The molecule has 0 radical (unpaired) electrons. The minimum atomic E-state index is -1.06.